The predicted octanol–water partition coefficient (Wildman–Crippen LogP) is 3.52. The van der Waals surface area contributed by atoms with Gasteiger partial charge >= 0.3 is 0 Å². The summed E-state index contributed by atoms with van der Waals surface area (Å²) in [5.74, 6) is 0. The highest BCUT2D eigenvalue weighted by Crippen LogP contribution is 2.32. The van der Waals surface area contributed by atoms with E-state index in [1.165, 1.54) is 49.9 Å². The van der Waals surface area contributed by atoms with Gasteiger partial charge in [0.15, 0.2) is 0 Å². The van der Waals surface area contributed by atoms with Crippen LogP contribution >= 0.6 is 11.3 Å². The van der Waals surface area contributed by atoms with E-state index in [-0.39, 0.29) is 0 Å². The van der Waals surface area contributed by atoms with Gasteiger partial charge in [0, 0.05) is 17.3 Å². The van der Waals surface area contributed by atoms with Crippen molar-refractivity contribution in [1.29, 1.82) is 0 Å². The van der Waals surface area contributed by atoms with E-state index in [2.05, 4.69) is 22.8 Å². The Bertz CT molecular complexity index is 373. The lowest BCUT2D eigenvalue weighted by Crippen LogP contribution is -2.39. The molecule has 2 heteroatoms. The molecule has 86 valence electrons. The molecule has 1 aliphatic heterocycles. The summed E-state index contributed by atoms with van der Waals surface area (Å²) in [6, 6.07) is 5.07. The molecule has 1 nitrogen and oxygen atoms in total. The fourth-order valence-electron chi connectivity index (χ4n) is 3.04. The molecule has 1 unspecified atom stereocenters. The maximum absolute atomic E-state index is 3.71. The van der Waals surface area contributed by atoms with E-state index in [0.717, 1.165) is 0 Å². The molecule has 1 atom stereocenters. The monoisotopic (exact) mass is 233 g/mol. The quantitative estimate of drug-likeness (QED) is 0.771. The van der Waals surface area contributed by atoms with Crippen molar-refractivity contribution in [1.82, 2.24) is 5.32 Å². The van der Waals surface area contributed by atoms with Crippen LogP contribution in [0.25, 0.3) is 0 Å². The van der Waals surface area contributed by atoms with Crippen LogP contribution in [-0.2, 0) is 6.42 Å². The normalized spacial score (nSPS) is 25.6. The molecule has 1 N–H and O–H groups in total. The van der Waals surface area contributed by atoms with Gasteiger partial charge in [-0.25, -0.2) is 0 Å². The lowest BCUT2D eigenvalue weighted by molar-refractivity contribution is 0.476. The number of thiophene rings is 1. The van der Waals surface area contributed by atoms with Gasteiger partial charge < -0.3 is 5.32 Å². The number of hydrogen-bond donors (Lipinski definition) is 1. The number of rotatable bonds is 2. The molecule has 0 bridgehead atoms. The molecule has 1 aromatic rings. The molecule has 2 aliphatic rings. The summed E-state index contributed by atoms with van der Waals surface area (Å²) in [6.45, 7) is 1.19. The average molecular weight is 233 g/mol. The Morgan fingerprint density at radius 1 is 1.25 bits per heavy atom. The topological polar surface area (TPSA) is 12.0 Å². The van der Waals surface area contributed by atoms with Gasteiger partial charge in [0.1, 0.15) is 0 Å². The number of nitrogens with one attached hydrogen (secondary N) is 1. The molecule has 1 aliphatic carbocycles. The fraction of sp³-hybridized carbons (Fsp3) is 0.571. The maximum Gasteiger partial charge on any atom is 0.0330 e. The van der Waals surface area contributed by atoms with Crippen molar-refractivity contribution < 1.29 is 0 Å². The smallest absolute Gasteiger partial charge is 0.0330 e. The highest BCUT2D eigenvalue weighted by Gasteiger charge is 2.24. The van der Waals surface area contributed by atoms with Crippen LogP contribution in [0.1, 0.15) is 37.0 Å². The summed E-state index contributed by atoms with van der Waals surface area (Å²) >= 11 is 1.89. The minimum atomic E-state index is 0.641. The molecular formula is C14H19NS. The van der Waals surface area contributed by atoms with Gasteiger partial charge in [-0.2, -0.15) is 0 Å². The Kier molecular flexibility index (Phi) is 3.11. The Morgan fingerprint density at radius 2 is 2.19 bits per heavy atom. The van der Waals surface area contributed by atoms with Crippen LogP contribution < -0.4 is 5.32 Å². The lowest BCUT2D eigenvalue weighted by atomic mass is 9.82. The Hall–Kier alpha value is -0.600. The molecule has 0 saturated carbocycles. The lowest BCUT2D eigenvalue weighted by Gasteiger charge is -2.32. The molecule has 0 spiro atoms. The molecule has 3 rings (SSSR count). The third kappa shape index (κ3) is 2.09. The van der Waals surface area contributed by atoms with Crippen molar-refractivity contribution in [3.8, 4) is 0 Å². The summed E-state index contributed by atoms with van der Waals surface area (Å²) in [5.41, 5.74) is 3.54. The summed E-state index contributed by atoms with van der Waals surface area (Å²) < 4.78 is 0. The first kappa shape index (κ1) is 10.5. The van der Waals surface area contributed by atoms with Crippen LogP contribution in [-0.4, -0.2) is 12.6 Å². The Balaban J connectivity index is 1.79. The van der Waals surface area contributed by atoms with Gasteiger partial charge in [-0.15, -0.1) is 11.3 Å². The standard InChI is InChI=1S/C14H19NS/c1-2-6-13-11(4-1)7-8-15-14(13)10-12-5-3-9-16-12/h3,5,9,14-15H,1-2,4,6-8,10H2. The zero-order valence-corrected chi connectivity index (χ0v) is 10.5. The summed E-state index contributed by atoms with van der Waals surface area (Å²) in [5, 5.41) is 5.89. The highest BCUT2D eigenvalue weighted by molar-refractivity contribution is 7.09. The first-order valence-corrected chi connectivity index (χ1v) is 7.28. The number of hydrogen-bond acceptors (Lipinski definition) is 2. The van der Waals surface area contributed by atoms with Gasteiger partial charge in [0.25, 0.3) is 0 Å². The van der Waals surface area contributed by atoms with Crippen molar-refractivity contribution in [3.05, 3.63) is 33.5 Å². The maximum atomic E-state index is 3.71. The second kappa shape index (κ2) is 4.72. The molecule has 0 fully saturated rings. The van der Waals surface area contributed by atoms with Gasteiger partial charge in [-0.1, -0.05) is 17.2 Å². The molecule has 0 amide bonds. The van der Waals surface area contributed by atoms with E-state index in [0.29, 0.717) is 6.04 Å². The minimum Gasteiger partial charge on any atom is -0.310 e. The van der Waals surface area contributed by atoms with Gasteiger partial charge in [0.05, 0.1) is 0 Å². The highest BCUT2D eigenvalue weighted by atomic mass is 32.1. The van der Waals surface area contributed by atoms with Crippen LogP contribution in [0.2, 0.25) is 0 Å². The van der Waals surface area contributed by atoms with E-state index >= 15 is 0 Å². The first-order chi connectivity index (χ1) is 7.93. The molecule has 0 saturated heterocycles. The molecular weight excluding hydrogens is 214 g/mol. The summed E-state index contributed by atoms with van der Waals surface area (Å²) in [6.07, 6.45) is 8.05. The molecule has 1 aromatic heterocycles. The van der Waals surface area contributed by atoms with E-state index < -0.39 is 0 Å². The minimum absolute atomic E-state index is 0.641. The molecule has 0 radical (unpaired) electrons. The van der Waals surface area contributed by atoms with Crippen LogP contribution in [0.3, 0.4) is 0 Å². The van der Waals surface area contributed by atoms with Crippen molar-refractivity contribution in [2.45, 2.75) is 44.6 Å². The fourth-order valence-corrected chi connectivity index (χ4v) is 3.80. The van der Waals surface area contributed by atoms with Crippen molar-refractivity contribution >= 4 is 11.3 Å². The summed E-state index contributed by atoms with van der Waals surface area (Å²) in [7, 11) is 0. The molecule has 16 heavy (non-hydrogen) atoms. The van der Waals surface area contributed by atoms with Gasteiger partial charge in [-0.05, 0) is 50.1 Å². The van der Waals surface area contributed by atoms with Gasteiger partial charge in [-0.3, -0.25) is 0 Å². The van der Waals surface area contributed by atoms with E-state index in [9.17, 15) is 0 Å². The van der Waals surface area contributed by atoms with Crippen molar-refractivity contribution in [3.63, 3.8) is 0 Å². The Labute approximate surface area is 102 Å². The predicted molar refractivity (Wildman–Crippen MR) is 69.9 cm³/mol. The van der Waals surface area contributed by atoms with Crippen LogP contribution in [0.5, 0.6) is 0 Å². The average Bonchev–Trinajstić information content (AvgIpc) is 2.82. The molecule has 0 aromatic carbocycles. The van der Waals surface area contributed by atoms with E-state index in [4.69, 9.17) is 0 Å². The van der Waals surface area contributed by atoms with Crippen LogP contribution in [0.15, 0.2) is 28.7 Å². The second-order valence-electron chi connectivity index (χ2n) is 4.88. The SMILES string of the molecule is c1csc(CC2NCCC3=C2CCCC3)c1. The van der Waals surface area contributed by atoms with Gasteiger partial charge in [0.2, 0.25) is 0 Å². The first-order valence-electron chi connectivity index (χ1n) is 6.40. The largest absolute Gasteiger partial charge is 0.310 e. The zero-order valence-electron chi connectivity index (χ0n) is 9.67. The third-order valence-corrected chi connectivity index (χ3v) is 4.75. The second-order valence-corrected chi connectivity index (χ2v) is 5.91. The van der Waals surface area contributed by atoms with Crippen molar-refractivity contribution in [2.24, 2.45) is 0 Å². The van der Waals surface area contributed by atoms with Crippen LogP contribution in [0.4, 0.5) is 0 Å². The van der Waals surface area contributed by atoms with E-state index in [1.807, 2.05) is 11.3 Å². The third-order valence-electron chi connectivity index (χ3n) is 3.85. The van der Waals surface area contributed by atoms with Crippen LogP contribution in [0, 0.1) is 0 Å². The van der Waals surface area contributed by atoms with E-state index in [1.54, 1.807) is 11.1 Å². The summed E-state index contributed by atoms with van der Waals surface area (Å²) in [4.78, 5) is 1.52. The van der Waals surface area contributed by atoms with Crippen molar-refractivity contribution in [2.75, 3.05) is 6.54 Å². The Morgan fingerprint density at radius 3 is 3.06 bits per heavy atom. The molecule has 2 heterocycles. The zero-order chi connectivity index (χ0) is 10.8.